The molecule has 0 aromatic carbocycles. The van der Waals surface area contributed by atoms with Gasteiger partial charge < -0.3 is 14.5 Å². The largest absolute Gasteiger partial charge is 0.465 e. The second kappa shape index (κ2) is 10.4. The van der Waals surface area contributed by atoms with E-state index in [9.17, 15) is 9.59 Å². The van der Waals surface area contributed by atoms with Crippen molar-refractivity contribution < 1.29 is 14.3 Å². The Morgan fingerprint density at radius 1 is 1.19 bits per heavy atom. The molecule has 8 nitrogen and oxygen atoms in total. The Balaban J connectivity index is 2.07. The van der Waals surface area contributed by atoms with Crippen molar-refractivity contribution in [1.29, 1.82) is 0 Å². The fourth-order valence-corrected chi connectivity index (χ4v) is 3.21. The maximum Gasteiger partial charge on any atom is 0.320 e. The SMILES string of the molecule is CCOC(=O)CN1CCCN(C(=O)c2nc(N(CC)CC)ncc2Cl)CC1. The lowest BCUT2D eigenvalue weighted by molar-refractivity contribution is -0.144. The van der Waals surface area contributed by atoms with Crippen LogP contribution in [0.15, 0.2) is 6.20 Å². The summed E-state index contributed by atoms with van der Waals surface area (Å²) in [6, 6.07) is 0. The van der Waals surface area contributed by atoms with Crippen molar-refractivity contribution in [3.05, 3.63) is 16.9 Å². The molecule has 27 heavy (non-hydrogen) atoms. The molecule has 9 heteroatoms. The van der Waals surface area contributed by atoms with E-state index in [-0.39, 0.29) is 29.1 Å². The van der Waals surface area contributed by atoms with Crippen LogP contribution in [-0.4, -0.2) is 84.1 Å². The highest BCUT2D eigenvalue weighted by atomic mass is 35.5. The molecular weight excluding hydrogens is 370 g/mol. The van der Waals surface area contributed by atoms with Crippen molar-refractivity contribution in [2.24, 2.45) is 0 Å². The first kappa shape index (κ1) is 21.4. The van der Waals surface area contributed by atoms with Gasteiger partial charge in [0.2, 0.25) is 5.95 Å². The molecule has 0 radical (unpaired) electrons. The van der Waals surface area contributed by atoms with Crippen LogP contribution in [0.2, 0.25) is 5.02 Å². The maximum absolute atomic E-state index is 13.0. The first-order valence-electron chi connectivity index (χ1n) is 9.44. The van der Waals surface area contributed by atoms with Gasteiger partial charge in [0.15, 0.2) is 5.69 Å². The Kier molecular flexibility index (Phi) is 8.24. The zero-order chi connectivity index (χ0) is 19.8. The molecule has 2 heterocycles. The quantitative estimate of drug-likeness (QED) is 0.647. The summed E-state index contributed by atoms with van der Waals surface area (Å²) in [5.74, 6) is 0.0697. The molecule has 1 amide bonds. The summed E-state index contributed by atoms with van der Waals surface area (Å²) in [6.07, 6.45) is 2.26. The van der Waals surface area contributed by atoms with Gasteiger partial charge in [-0.3, -0.25) is 14.5 Å². The van der Waals surface area contributed by atoms with Gasteiger partial charge in [0.05, 0.1) is 24.4 Å². The third kappa shape index (κ3) is 5.77. The zero-order valence-electron chi connectivity index (χ0n) is 16.3. The Hall–Kier alpha value is -1.93. The highest BCUT2D eigenvalue weighted by Crippen LogP contribution is 2.19. The smallest absolute Gasteiger partial charge is 0.320 e. The molecule has 0 spiro atoms. The van der Waals surface area contributed by atoms with E-state index in [1.807, 2.05) is 23.6 Å². The second-order valence-electron chi connectivity index (χ2n) is 6.27. The van der Waals surface area contributed by atoms with E-state index in [2.05, 4.69) is 9.97 Å². The van der Waals surface area contributed by atoms with Gasteiger partial charge >= 0.3 is 5.97 Å². The van der Waals surface area contributed by atoms with Crippen LogP contribution in [0.4, 0.5) is 5.95 Å². The van der Waals surface area contributed by atoms with Crippen LogP contribution in [0.5, 0.6) is 0 Å². The average molecular weight is 398 g/mol. The van der Waals surface area contributed by atoms with Gasteiger partial charge in [-0.2, -0.15) is 0 Å². The molecule has 150 valence electrons. The van der Waals surface area contributed by atoms with Crippen LogP contribution in [0, 0.1) is 0 Å². The summed E-state index contributed by atoms with van der Waals surface area (Å²) in [5, 5.41) is 0.253. The van der Waals surface area contributed by atoms with Gasteiger partial charge in [0.25, 0.3) is 5.91 Å². The molecule has 1 fully saturated rings. The number of anilines is 1. The minimum absolute atomic E-state index is 0.200. The van der Waals surface area contributed by atoms with Crippen LogP contribution in [0.3, 0.4) is 0 Å². The molecule has 1 aromatic heterocycles. The fourth-order valence-electron chi connectivity index (χ4n) is 3.04. The standard InChI is InChI=1S/C18H28ClN5O3/c1-4-23(5-2)18-20-12-14(19)16(21-18)17(26)24-9-7-8-22(10-11-24)13-15(25)27-6-3/h12H,4-11,13H2,1-3H3. The van der Waals surface area contributed by atoms with Gasteiger partial charge in [0.1, 0.15) is 0 Å². The molecule has 1 aliphatic heterocycles. The summed E-state index contributed by atoms with van der Waals surface area (Å²) >= 11 is 6.21. The van der Waals surface area contributed by atoms with Crippen molar-refractivity contribution in [3.8, 4) is 0 Å². The van der Waals surface area contributed by atoms with E-state index in [0.717, 1.165) is 26.1 Å². The van der Waals surface area contributed by atoms with Gasteiger partial charge in [-0.25, -0.2) is 9.97 Å². The number of rotatable bonds is 7. The molecule has 1 aromatic rings. The summed E-state index contributed by atoms with van der Waals surface area (Å²) < 4.78 is 5.00. The Morgan fingerprint density at radius 3 is 2.59 bits per heavy atom. The van der Waals surface area contributed by atoms with Crippen molar-refractivity contribution in [1.82, 2.24) is 19.8 Å². The molecule has 0 aliphatic carbocycles. The van der Waals surface area contributed by atoms with Crippen molar-refractivity contribution in [3.63, 3.8) is 0 Å². The van der Waals surface area contributed by atoms with Crippen molar-refractivity contribution in [2.75, 3.05) is 57.3 Å². The predicted octanol–water partition coefficient (Wildman–Crippen LogP) is 1.69. The number of ether oxygens (including phenoxy) is 1. The number of esters is 1. The lowest BCUT2D eigenvalue weighted by atomic mass is 10.3. The van der Waals surface area contributed by atoms with E-state index in [0.29, 0.717) is 32.2 Å². The number of nitrogens with zero attached hydrogens (tertiary/aromatic N) is 5. The molecule has 0 N–H and O–H groups in total. The van der Waals surface area contributed by atoms with Crippen LogP contribution >= 0.6 is 11.6 Å². The first-order valence-corrected chi connectivity index (χ1v) is 9.82. The lowest BCUT2D eigenvalue weighted by Gasteiger charge is -2.23. The summed E-state index contributed by atoms with van der Waals surface area (Å²) in [5.41, 5.74) is 0.229. The number of hydrogen-bond acceptors (Lipinski definition) is 7. The molecular formula is C18H28ClN5O3. The van der Waals surface area contributed by atoms with Gasteiger partial charge in [-0.15, -0.1) is 0 Å². The third-order valence-corrected chi connectivity index (χ3v) is 4.79. The van der Waals surface area contributed by atoms with Crippen LogP contribution in [-0.2, 0) is 9.53 Å². The Bertz CT molecular complexity index is 654. The molecule has 0 atom stereocenters. The van der Waals surface area contributed by atoms with E-state index >= 15 is 0 Å². The summed E-state index contributed by atoms with van der Waals surface area (Å²) in [4.78, 5) is 39.0. The predicted molar refractivity (Wildman–Crippen MR) is 104 cm³/mol. The average Bonchev–Trinajstić information content (AvgIpc) is 2.89. The van der Waals surface area contributed by atoms with E-state index in [4.69, 9.17) is 16.3 Å². The molecule has 1 saturated heterocycles. The van der Waals surface area contributed by atoms with E-state index in [1.54, 1.807) is 11.8 Å². The monoisotopic (exact) mass is 397 g/mol. The topological polar surface area (TPSA) is 78.9 Å². The lowest BCUT2D eigenvalue weighted by Crippen LogP contribution is -2.37. The molecule has 0 unspecified atom stereocenters. The minimum Gasteiger partial charge on any atom is -0.465 e. The number of carbonyl (C=O) groups excluding carboxylic acids is 2. The van der Waals surface area contributed by atoms with Crippen molar-refractivity contribution >= 4 is 29.4 Å². The number of carbonyl (C=O) groups is 2. The summed E-state index contributed by atoms with van der Waals surface area (Å²) in [7, 11) is 0. The Morgan fingerprint density at radius 2 is 1.93 bits per heavy atom. The number of hydrogen-bond donors (Lipinski definition) is 0. The highest BCUT2D eigenvalue weighted by molar-refractivity contribution is 6.33. The van der Waals surface area contributed by atoms with Crippen LogP contribution < -0.4 is 4.90 Å². The van der Waals surface area contributed by atoms with Crippen molar-refractivity contribution in [2.45, 2.75) is 27.2 Å². The number of amides is 1. The van der Waals surface area contributed by atoms with Gasteiger partial charge in [-0.1, -0.05) is 11.6 Å². The minimum atomic E-state index is -0.236. The second-order valence-corrected chi connectivity index (χ2v) is 6.67. The highest BCUT2D eigenvalue weighted by Gasteiger charge is 2.25. The summed E-state index contributed by atoms with van der Waals surface area (Å²) in [6.45, 7) is 10.4. The molecule has 0 bridgehead atoms. The molecule has 0 saturated carbocycles. The van der Waals surface area contributed by atoms with Crippen LogP contribution in [0.1, 0.15) is 37.7 Å². The fraction of sp³-hybridized carbons (Fsp3) is 0.667. The maximum atomic E-state index is 13.0. The van der Waals surface area contributed by atoms with E-state index in [1.165, 1.54) is 6.20 Å². The molecule has 2 rings (SSSR count). The van der Waals surface area contributed by atoms with E-state index < -0.39 is 0 Å². The number of aromatic nitrogens is 2. The first-order chi connectivity index (χ1) is 13.0. The van der Waals surface area contributed by atoms with Gasteiger partial charge in [0, 0.05) is 39.3 Å². The zero-order valence-corrected chi connectivity index (χ0v) is 17.0. The van der Waals surface area contributed by atoms with Gasteiger partial charge in [-0.05, 0) is 27.2 Å². The van der Waals surface area contributed by atoms with Crippen LogP contribution in [0.25, 0.3) is 0 Å². The third-order valence-electron chi connectivity index (χ3n) is 4.51. The number of halogens is 1. The normalized spacial score (nSPS) is 15.3. The Labute approximate surface area is 165 Å². The molecule has 1 aliphatic rings.